The van der Waals surface area contributed by atoms with Crippen molar-refractivity contribution in [2.45, 2.75) is 51.6 Å². The van der Waals surface area contributed by atoms with Crippen LogP contribution >= 0.6 is 0 Å². The molecule has 174 valence electrons. The van der Waals surface area contributed by atoms with E-state index in [1.54, 1.807) is 7.11 Å². The van der Waals surface area contributed by atoms with Gasteiger partial charge < -0.3 is 9.57 Å². The first kappa shape index (κ1) is 22.4. The quantitative estimate of drug-likeness (QED) is 0.445. The number of nitrogens with zero attached hydrogens (tertiary/aromatic N) is 1. The van der Waals surface area contributed by atoms with E-state index in [4.69, 9.17) is 9.57 Å². The van der Waals surface area contributed by atoms with Gasteiger partial charge in [-0.15, -0.1) is 0 Å². The van der Waals surface area contributed by atoms with Crippen LogP contribution in [0.15, 0.2) is 78.0 Å². The van der Waals surface area contributed by atoms with Gasteiger partial charge in [0.25, 0.3) is 0 Å². The van der Waals surface area contributed by atoms with Crippen LogP contribution in [0.3, 0.4) is 0 Å². The van der Waals surface area contributed by atoms with E-state index in [1.165, 1.54) is 5.56 Å². The Morgan fingerprint density at radius 1 is 0.971 bits per heavy atom. The average Bonchev–Trinajstić information content (AvgIpc) is 3.21. The lowest BCUT2D eigenvalue weighted by molar-refractivity contribution is -0.0312. The number of ketones is 1. The van der Waals surface area contributed by atoms with Crippen molar-refractivity contribution in [1.82, 2.24) is 0 Å². The molecular weight excluding hydrogens is 422 g/mol. The second-order valence-corrected chi connectivity index (χ2v) is 10.6. The Morgan fingerprint density at radius 3 is 2.29 bits per heavy atom. The summed E-state index contributed by atoms with van der Waals surface area (Å²) in [5, 5.41) is 4.62. The van der Waals surface area contributed by atoms with E-state index in [2.05, 4.69) is 63.2 Å². The Hall–Kier alpha value is -3.40. The SMILES string of the molecule is COc1ccc(C2C(c3ccc(C)cc3)=NOC23CC(C(C)(C)C)c2ccccc2C3=O)cc1. The molecule has 34 heavy (non-hydrogen) atoms. The Bertz CT molecular complexity index is 1250. The van der Waals surface area contributed by atoms with Crippen LogP contribution in [0, 0.1) is 12.3 Å². The molecule has 2 aliphatic rings. The molecule has 1 heterocycles. The maximum Gasteiger partial charge on any atom is 0.212 e. The molecule has 3 atom stereocenters. The predicted octanol–water partition coefficient (Wildman–Crippen LogP) is 6.68. The smallest absolute Gasteiger partial charge is 0.212 e. The van der Waals surface area contributed by atoms with Crippen molar-refractivity contribution in [2.24, 2.45) is 10.6 Å². The molecule has 0 fully saturated rings. The van der Waals surface area contributed by atoms with Crippen molar-refractivity contribution in [3.05, 3.63) is 101 Å². The molecule has 0 aromatic heterocycles. The number of hydrogen-bond acceptors (Lipinski definition) is 4. The van der Waals surface area contributed by atoms with Crippen molar-refractivity contribution in [2.75, 3.05) is 7.11 Å². The second kappa shape index (κ2) is 8.12. The summed E-state index contributed by atoms with van der Waals surface area (Å²) in [4.78, 5) is 20.5. The van der Waals surface area contributed by atoms with Crippen LogP contribution in [0.1, 0.15) is 71.6 Å². The van der Waals surface area contributed by atoms with Crippen LogP contribution in [0.5, 0.6) is 5.75 Å². The fourth-order valence-electron chi connectivity index (χ4n) is 5.47. The van der Waals surface area contributed by atoms with Gasteiger partial charge in [-0.3, -0.25) is 4.79 Å². The van der Waals surface area contributed by atoms with Crippen LogP contribution in [-0.2, 0) is 4.84 Å². The van der Waals surface area contributed by atoms with Gasteiger partial charge in [0.2, 0.25) is 11.4 Å². The zero-order valence-corrected chi connectivity index (χ0v) is 20.5. The number of ether oxygens (including phenoxy) is 1. The van der Waals surface area contributed by atoms with Gasteiger partial charge in [-0.1, -0.05) is 92.2 Å². The Labute approximate surface area is 201 Å². The lowest BCUT2D eigenvalue weighted by Crippen LogP contribution is -2.51. The van der Waals surface area contributed by atoms with Crippen LogP contribution < -0.4 is 4.74 Å². The number of aryl methyl sites for hydroxylation is 1. The number of oxime groups is 1. The number of fused-ring (bicyclic) bond motifs is 1. The molecule has 3 unspecified atom stereocenters. The van der Waals surface area contributed by atoms with E-state index in [0.717, 1.165) is 33.7 Å². The molecule has 1 spiro atoms. The van der Waals surface area contributed by atoms with E-state index in [0.29, 0.717) is 6.42 Å². The molecule has 0 amide bonds. The highest BCUT2D eigenvalue weighted by molar-refractivity contribution is 6.15. The number of rotatable bonds is 3. The van der Waals surface area contributed by atoms with Crippen molar-refractivity contribution >= 4 is 11.5 Å². The zero-order valence-electron chi connectivity index (χ0n) is 20.5. The first-order valence-electron chi connectivity index (χ1n) is 11.9. The van der Waals surface area contributed by atoms with Gasteiger partial charge in [0.15, 0.2) is 0 Å². The summed E-state index contributed by atoms with van der Waals surface area (Å²) < 4.78 is 5.39. The van der Waals surface area contributed by atoms with Gasteiger partial charge in [0, 0.05) is 17.5 Å². The van der Waals surface area contributed by atoms with Crippen LogP contribution in [0.25, 0.3) is 0 Å². The number of carbonyl (C=O) groups excluding carboxylic acids is 1. The summed E-state index contributed by atoms with van der Waals surface area (Å²) >= 11 is 0. The Balaban J connectivity index is 1.70. The summed E-state index contributed by atoms with van der Waals surface area (Å²) in [7, 11) is 1.66. The van der Waals surface area contributed by atoms with E-state index >= 15 is 0 Å². The molecule has 3 aromatic carbocycles. The second-order valence-electron chi connectivity index (χ2n) is 10.6. The summed E-state index contributed by atoms with van der Waals surface area (Å²) in [6.45, 7) is 8.76. The van der Waals surface area contributed by atoms with E-state index in [-0.39, 0.29) is 23.0 Å². The summed E-state index contributed by atoms with van der Waals surface area (Å²) in [6, 6.07) is 24.2. The molecule has 5 rings (SSSR count). The molecule has 0 saturated heterocycles. The van der Waals surface area contributed by atoms with Crippen molar-refractivity contribution in [3.8, 4) is 5.75 Å². The van der Waals surface area contributed by atoms with Crippen molar-refractivity contribution in [3.63, 3.8) is 0 Å². The number of benzene rings is 3. The van der Waals surface area contributed by atoms with Crippen molar-refractivity contribution < 1.29 is 14.4 Å². The van der Waals surface area contributed by atoms with Gasteiger partial charge in [-0.05, 0) is 41.5 Å². The third-order valence-electron chi connectivity index (χ3n) is 7.36. The zero-order chi connectivity index (χ0) is 24.1. The van der Waals surface area contributed by atoms with E-state index in [9.17, 15) is 4.79 Å². The minimum Gasteiger partial charge on any atom is -0.497 e. The molecule has 1 aliphatic carbocycles. The maximum atomic E-state index is 14.2. The number of hydrogen-bond donors (Lipinski definition) is 0. The third-order valence-corrected chi connectivity index (χ3v) is 7.36. The minimum absolute atomic E-state index is 0.00952. The lowest BCUT2D eigenvalue weighted by atomic mass is 9.59. The Morgan fingerprint density at radius 2 is 1.65 bits per heavy atom. The molecule has 0 saturated carbocycles. The molecule has 1 aliphatic heterocycles. The standard InChI is InChI=1S/C30H31NO3/c1-19-10-12-21(13-11-19)27-26(20-14-16-22(33-5)17-15-20)30(34-31-27)18-25(29(2,3)4)23-8-6-7-9-24(23)28(30)32/h6-17,25-26H,18H2,1-5H3. The van der Waals surface area contributed by atoms with Gasteiger partial charge in [-0.25, -0.2) is 0 Å². The summed E-state index contributed by atoms with van der Waals surface area (Å²) in [5.74, 6) is 0.607. The first-order chi connectivity index (χ1) is 16.2. The molecule has 0 bridgehead atoms. The van der Waals surface area contributed by atoms with E-state index < -0.39 is 5.60 Å². The third kappa shape index (κ3) is 3.53. The molecule has 0 N–H and O–H groups in total. The molecule has 3 aromatic rings. The van der Waals surface area contributed by atoms with Crippen molar-refractivity contribution in [1.29, 1.82) is 0 Å². The highest BCUT2D eigenvalue weighted by Crippen LogP contribution is 2.55. The molecule has 4 nitrogen and oxygen atoms in total. The fourth-order valence-corrected chi connectivity index (χ4v) is 5.47. The normalized spacial score (nSPS) is 23.9. The minimum atomic E-state index is -1.10. The molecule has 0 radical (unpaired) electrons. The maximum absolute atomic E-state index is 14.2. The summed E-state index contributed by atoms with van der Waals surface area (Å²) in [6.07, 6.45) is 0.571. The number of carbonyl (C=O) groups is 1. The van der Waals surface area contributed by atoms with Gasteiger partial charge in [0.05, 0.1) is 18.7 Å². The monoisotopic (exact) mass is 453 g/mol. The highest BCUT2D eigenvalue weighted by Gasteiger charge is 2.60. The van der Waals surface area contributed by atoms with Crippen LogP contribution in [0.2, 0.25) is 0 Å². The van der Waals surface area contributed by atoms with Gasteiger partial charge in [-0.2, -0.15) is 0 Å². The van der Waals surface area contributed by atoms with Gasteiger partial charge in [0.1, 0.15) is 5.75 Å². The average molecular weight is 454 g/mol. The van der Waals surface area contributed by atoms with Gasteiger partial charge >= 0.3 is 0 Å². The Kier molecular flexibility index (Phi) is 5.35. The van der Waals surface area contributed by atoms with E-state index in [1.807, 2.05) is 42.5 Å². The number of Topliss-reactive ketones (excluding diaryl/α,β-unsaturated/α-hetero) is 1. The lowest BCUT2D eigenvalue weighted by Gasteiger charge is -2.44. The molecular formula is C30H31NO3. The highest BCUT2D eigenvalue weighted by atomic mass is 16.7. The first-order valence-corrected chi connectivity index (χ1v) is 11.9. The number of methoxy groups -OCH3 is 1. The topological polar surface area (TPSA) is 47.9 Å². The van der Waals surface area contributed by atoms with Crippen LogP contribution in [-0.4, -0.2) is 24.2 Å². The fraction of sp³-hybridized carbons (Fsp3) is 0.333. The largest absolute Gasteiger partial charge is 0.497 e. The predicted molar refractivity (Wildman–Crippen MR) is 135 cm³/mol. The molecule has 4 heteroatoms. The summed E-state index contributed by atoms with van der Waals surface area (Å²) in [5.41, 5.74) is 4.64. The van der Waals surface area contributed by atoms with Crippen LogP contribution in [0.4, 0.5) is 0 Å².